The van der Waals surface area contributed by atoms with Gasteiger partial charge in [-0.3, -0.25) is 4.79 Å². The highest BCUT2D eigenvalue weighted by Gasteiger charge is 2.29. The lowest BCUT2D eigenvalue weighted by molar-refractivity contribution is -0.0272. The molecular weight excluding hydrogens is 450 g/mol. The summed E-state index contributed by atoms with van der Waals surface area (Å²) in [7, 11) is 0. The largest absolute Gasteiger partial charge is 0.373 e. The molecule has 0 aliphatic carbocycles. The molecule has 0 spiro atoms. The van der Waals surface area contributed by atoms with Crippen LogP contribution in [0.25, 0.3) is 10.8 Å². The average molecular weight is 480 g/mol. The fourth-order valence-electron chi connectivity index (χ4n) is 4.29. The Morgan fingerprint density at radius 1 is 1.12 bits per heavy atom. The van der Waals surface area contributed by atoms with E-state index in [4.69, 9.17) is 16.3 Å². The molecule has 0 aromatic heterocycles. The molecule has 3 aromatic rings. The maximum absolute atomic E-state index is 13.6. The molecule has 1 atom stereocenters. The van der Waals surface area contributed by atoms with E-state index in [1.165, 1.54) is 0 Å². The molecule has 1 N–H and O–H groups in total. The van der Waals surface area contributed by atoms with Crippen LogP contribution in [0.3, 0.4) is 0 Å². The van der Waals surface area contributed by atoms with E-state index in [2.05, 4.69) is 19.2 Å². The Hall–Kier alpha value is -3.09. The molecule has 1 fully saturated rings. The summed E-state index contributed by atoms with van der Waals surface area (Å²) in [4.78, 5) is 30.0. The third kappa shape index (κ3) is 5.88. The predicted molar refractivity (Wildman–Crippen MR) is 136 cm³/mol. The number of anilines is 1. The van der Waals surface area contributed by atoms with Gasteiger partial charge < -0.3 is 19.9 Å². The average Bonchev–Trinajstić information content (AvgIpc) is 2.83. The second-order valence-corrected chi connectivity index (χ2v) is 9.45. The van der Waals surface area contributed by atoms with Gasteiger partial charge >= 0.3 is 6.03 Å². The Morgan fingerprint density at radius 3 is 2.68 bits per heavy atom. The maximum atomic E-state index is 13.6. The minimum absolute atomic E-state index is 0.0189. The molecule has 3 amide bonds. The van der Waals surface area contributed by atoms with Crippen LogP contribution < -0.4 is 5.32 Å². The number of fused-ring (bicyclic) bond motifs is 1. The lowest BCUT2D eigenvalue weighted by Gasteiger charge is -2.36. The minimum atomic E-state index is -0.267. The van der Waals surface area contributed by atoms with Gasteiger partial charge in [-0.1, -0.05) is 67.9 Å². The number of nitrogens with zero attached hydrogens (tertiary/aromatic N) is 2. The summed E-state index contributed by atoms with van der Waals surface area (Å²) in [6, 6.07) is 20.6. The number of nitrogens with one attached hydrogen (secondary N) is 1. The summed E-state index contributed by atoms with van der Waals surface area (Å²) in [5, 5.41) is 5.44. The number of ether oxygens (including phenoxy) is 1. The lowest BCUT2D eigenvalue weighted by Crippen LogP contribution is -2.52. The lowest BCUT2D eigenvalue weighted by atomic mass is 10.0. The van der Waals surface area contributed by atoms with Crippen molar-refractivity contribution < 1.29 is 14.3 Å². The van der Waals surface area contributed by atoms with Crippen molar-refractivity contribution in [1.82, 2.24) is 9.80 Å². The fraction of sp³-hybridized carbons (Fsp3) is 0.333. The van der Waals surface area contributed by atoms with Crippen LogP contribution >= 0.6 is 11.6 Å². The van der Waals surface area contributed by atoms with E-state index >= 15 is 0 Å². The third-order valence-corrected chi connectivity index (χ3v) is 6.05. The highest BCUT2D eigenvalue weighted by Crippen LogP contribution is 2.22. The molecule has 178 valence electrons. The highest BCUT2D eigenvalue weighted by molar-refractivity contribution is 6.30. The molecule has 0 radical (unpaired) electrons. The first-order valence-corrected chi connectivity index (χ1v) is 12.0. The molecule has 34 heavy (non-hydrogen) atoms. The van der Waals surface area contributed by atoms with Gasteiger partial charge in [0.25, 0.3) is 5.91 Å². The van der Waals surface area contributed by atoms with Crippen LogP contribution in [-0.2, 0) is 4.74 Å². The number of hydrogen-bond acceptors (Lipinski definition) is 3. The van der Waals surface area contributed by atoms with Gasteiger partial charge in [0.05, 0.1) is 19.3 Å². The summed E-state index contributed by atoms with van der Waals surface area (Å²) >= 11 is 6.03. The zero-order valence-electron chi connectivity index (χ0n) is 19.5. The summed E-state index contributed by atoms with van der Waals surface area (Å²) in [5.74, 6) is 0.277. The van der Waals surface area contributed by atoms with Crippen LogP contribution in [0.4, 0.5) is 10.5 Å². The van der Waals surface area contributed by atoms with Crippen LogP contribution in [-0.4, -0.2) is 60.6 Å². The van der Waals surface area contributed by atoms with Gasteiger partial charge in [-0.2, -0.15) is 0 Å². The van der Waals surface area contributed by atoms with E-state index in [-0.39, 0.29) is 18.0 Å². The molecule has 0 saturated carbocycles. The van der Waals surface area contributed by atoms with Gasteiger partial charge in [0.2, 0.25) is 0 Å². The molecule has 1 heterocycles. The second-order valence-electron chi connectivity index (χ2n) is 9.01. The van der Waals surface area contributed by atoms with Crippen molar-refractivity contribution in [3.63, 3.8) is 0 Å². The number of benzene rings is 3. The molecule has 1 saturated heterocycles. The van der Waals surface area contributed by atoms with E-state index in [0.29, 0.717) is 55.0 Å². The molecule has 1 aliphatic rings. The van der Waals surface area contributed by atoms with Crippen LogP contribution in [0.1, 0.15) is 24.2 Å². The normalized spacial score (nSPS) is 16.0. The molecule has 6 nitrogen and oxygen atoms in total. The van der Waals surface area contributed by atoms with Crippen LogP contribution in [0, 0.1) is 5.92 Å². The van der Waals surface area contributed by atoms with Crippen molar-refractivity contribution in [2.75, 3.05) is 38.1 Å². The summed E-state index contributed by atoms with van der Waals surface area (Å²) in [6.45, 7) is 6.53. The van der Waals surface area contributed by atoms with E-state index in [9.17, 15) is 9.59 Å². The fourth-order valence-corrected chi connectivity index (χ4v) is 4.48. The zero-order valence-corrected chi connectivity index (χ0v) is 20.3. The monoisotopic (exact) mass is 479 g/mol. The quantitative estimate of drug-likeness (QED) is 0.506. The number of urea groups is 1. The smallest absolute Gasteiger partial charge is 0.322 e. The van der Waals surface area contributed by atoms with Crippen LogP contribution in [0.2, 0.25) is 5.02 Å². The van der Waals surface area contributed by atoms with Crippen molar-refractivity contribution >= 4 is 40.0 Å². The molecule has 1 aliphatic heterocycles. The second kappa shape index (κ2) is 10.9. The van der Waals surface area contributed by atoms with Crippen LogP contribution in [0.15, 0.2) is 66.7 Å². The van der Waals surface area contributed by atoms with Crippen molar-refractivity contribution in [2.24, 2.45) is 5.92 Å². The first kappa shape index (κ1) is 24.0. The van der Waals surface area contributed by atoms with Gasteiger partial charge in [-0.15, -0.1) is 0 Å². The van der Waals surface area contributed by atoms with Crippen LogP contribution in [0.5, 0.6) is 0 Å². The van der Waals surface area contributed by atoms with E-state index in [1.807, 2.05) is 47.4 Å². The van der Waals surface area contributed by atoms with Gasteiger partial charge in [0.15, 0.2) is 0 Å². The van der Waals surface area contributed by atoms with Gasteiger partial charge in [0.1, 0.15) is 0 Å². The SMILES string of the molecule is CC(C)CN(C[C@H]1CN(C(=O)Nc2cccc(Cl)c2)CCO1)C(=O)c1cccc2ccccc12. The Bertz CT molecular complexity index is 1160. The number of halogens is 1. The maximum Gasteiger partial charge on any atom is 0.322 e. The Kier molecular flexibility index (Phi) is 7.70. The topological polar surface area (TPSA) is 61.9 Å². The Balaban J connectivity index is 1.47. The molecule has 7 heteroatoms. The highest BCUT2D eigenvalue weighted by atomic mass is 35.5. The number of amides is 3. The van der Waals surface area contributed by atoms with Crippen molar-refractivity contribution in [3.05, 3.63) is 77.3 Å². The zero-order chi connectivity index (χ0) is 24.1. The standard InChI is InChI=1S/C27H30ClN3O3/c1-19(2)16-31(26(32)25-12-5-8-20-7-3-4-11-24(20)25)18-23-17-30(13-14-34-23)27(33)29-22-10-6-9-21(28)15-22/h3-12,15,19,23H,13-14,16-18H2,1-2H3,(H,29,33)/t23-/m1/s1. The third-order valence-electron chi connectivity index (χ3n) is 5.82. The first-order chi connectivity index (χ1) is 16.4. The van der Waals surface area contributed by atoms with Crippen molar-refractivity contribution in [1.29, 1.82) is 0 Å². The summed E-state index contributed by atoms with van der Waals surface area (Å²) in [5.41, 5.74) is 1.33. The molecule has 4 rings (SSSR count). The first-order valence-electron chi connectivity index (χ1n) is 11.6. The number of carbonyl (C=O) groups is 2. The molecule has 0 bridgehead atoms. The predicted octanol–water partition coefficient (Wildman–Crippen LogP) is 5.52. The number of rotatable bonds is 6. The molecule has 0 unspecified atom stereocenters. The van der Waals surface area contributed by atoms with Gasteiger partial charge in [-0.25, -0.2) is 4.79 Å². The van der Waals surface area contributed by atoms with Crippen molar-refractivity contribution in [3.8, 4) is 0 Å². The van der Waals surface area contributed by atoms with Crippen molar-refractivity contribution in [2.45, 2.75) is 20.0 Å². The van der Waals surface area contributed by atoms with E-state index < -0.39 is 0 Å². The Morgan fingerprint density at radius 2 is 1.88 bits per heavy atom. The van der Waals surface area contributed by atoms with Gasteiger partial charge in [-0.05, 0) is 41.0 Å². The molecular formula is C27H30ClN3O3. The van der Waals surface area contributed by atoms with E-state index in [1.54, 1.807) is 29.2 Å². The van der Waals surface area contributed by atoms with Gasteiger partial charge in [0, 0.05) is 35.9 Å². The number of morpholine rings is 1. The Labute approximate surface area is 205 Å². The summed E-state index contributed by atoms with van der Waals surface area (Å²) in [6.07, 6.45) is -0.267. The van der Waals surface area contributed by atoms with E-state index in [0.717, 1.165) is 10.8 Å². The molecule has 3 aromatic carbocycles. The number of carbonyl (C=O) groups excluding carboxylic acids is 2. The summed E-state index contributed by atoms with van der Waals surface area (Å²) < 4.78 is 5.98. The number of hydrogen-bond donors (Lipinski definition) is 1. The minimum Gasteiger partial charge on any atom is -0.373 e.